The van der Waals surface area contributed by atoms with Crippen molar-refractivity contribution in [2.45, 2.75) is 73.1 Å². The molecule has 0 fully saturated rings. The van der Waals surface area contributed by atoms with Crippen LogP contribution in [0.25, 0.3) is 0 Å². The minimum absolute atomic E-state index is 0.550. The first-order valence-corrected chi connectivity index (χ1v) is 9.84. The highest BCUT2D eigenvalue weighted by Gasteiger charge is 2.14. The van der Waals surface area contributed by atoms with E-state index in [-0.39, 0.29) is 0 Å². The molecular weight excluding hydrogens is 291 g/mol. The minimum atomic E-state index is -1.51. The molecule has 0 heterocycles. The summed E-state index contributed by atoms with van der Waals surface area (Å²) in [6.45, 7) is 11.3. The molecule has 0 rings (SSSR count). The number of hydrogen-bond donors (Lipinski definition) is 0. The molecule has 0 aliphatic carbocycles. The summed E-state index contributed by atoms with van der Waals surface area (Å²) >= 11 is 0. The van der Waals surface area contributed by atoms with Crippen LogP contribution in [0, 0.1) is 0 Å². The lowest BCUT2D eigenvalue weighted by molar-refractivity contribution is 0.322. The van der Waals surface area contributed by atoms with Gasteiger partial charge in [0.2, 0.25) is 0 Å². The molecule has 0 spiro atoms. The highest BCUT2D eigenvalue weighted by molar-refractivity contribution is 7.39. The molecule has 0 saturated heterocycles. The van der Waals surface area contributed by atoms with Crippen LogP contribution >= 0.6 is 8.03 Å². The van der Waals surface area contributed by atoms with Crippen LogP contribution in [-0.4, -0.2) is 12.8 Å². The van der Waals surface area contributed by atoms with Crippen molar-refractivity contribution in [1.82, 2.24) is 0 Å². The van der Waals surface area contributed by atoms with Gasteiger partial charge in [0.1, 0.15) is 6.61 Å². The Morgan fingerprint density at radius 1 is 0.955 bits per heavy atom. The van der Waals surface area contributed by atoms with Crippen LogP contribution in [0.3, 0.4) is 0 Å². The molecule has 0 saturated carbocycles. The fourth-order valence-electron chi connectivity index (χ4n) is 1.93. The highest BCUT2D eigenvalue weighted by atomic mass is 31.1. The fraction of sp³-hybridized carbons (Fsp3) is 0.684. The zero-order chi connectivity index (χ0) is 16.8. The first-order valence-electron chi connectivity index (χ1n) is 8.48. The van der Waals surface area contributed by atoms with E-state index < -0.39 is 8.03 Å². The maximum atomic E-state index is 11.6. The van der Waals surface area contributed by atoms with Gasteiger partial charge in [0.15, 0.2) is 6.16 Å². The zero-order valence-electron chi connectivity index (χ0n) is 15.2. The van der Waals surface area contributed by atoms with Crippen LogP contribution in [0.5, 0.6) is 0 Å². The van der Waals surface area contributed by atoms with Gasteiger partial charge in [-0.15, -0.1) is 4.52 Å². The van der Waals surface area contributed by atoms with Gasteiger partial charge in [0.25, 0.3) is 0 Å². The van der Waals surface area contributed by atoms with Gasteiger partial charge in [0, 0.05) is 0 Å². The Morgan fingerprint density at radius 2 is 1.55 bits per heavy atom. The molecule has 22 heavy (non-hydrogen) atoms. The van der Waals surface area contributed by atoms with Crippen molar-refractivity contribution in [2.75, 3.05) is 12.8 Å². The summed E-state index contributed by atoms with van der Waals surface area (Å²) in [5.41, 5.74) is 4.15. The van der Waals surface area contributed by atoms with E-state index in [4.69, 9.17) is 4.52 Å². The first-order chi connectivity index (χ1) is 10.5. The van der Waals surface area contributed by atoms with Gasteiger partial charge in [-0.1, -0.05) is 42.2 Å². The summed E-state index contributed by atoms with van der Waals surface area (Å²) in [6.07, 6.45) is 13.7. The molecule has 126 valence electrons. The van der Waals surface area contributed by atoms with Crippen LogP contribution in [0.1, 0.15) is 73.1 Å². The molecule has 0 amide bonds. The van der Waals surface area contributed by atoms with E-state index in [0.29, 0.717) is 12.8 Å². The van der Waals surface area contributed by atoms with E-state index in [2.05, 4.69) is 52.8 Å². The Labute approximate surface area is 138 Å². The van der Waals surface area contributed by atoms with Gasteiger partial charge in [-0.05, 0) is 70.4 Å². The molecule has 0 bridgehead atoms. The Morgan fingerprint density at radius 3 is 2.14 bits per heavy atom. The van der Waals surface area contributed by atoms with Crippen molar-refractivity contribution in [2.24, 2.45) is 0 Å². The second-order valence-corrected chi connectivity index (χ2v) is 7.45. The van der Waals surface area contributed by atoms with E-state index in [1.54, 1.807) is 0 Å². The molecule has 0 aromatic heterocycles. The van der Waals surface area contributed by atoms with E-state index in [9.17, 15) is 4.57 Å². The van der Waals surface area contributed by atoms with Crippen LogP contribution in [0.4, 0.5) is 0 Å². The third kappa shape index (κ3) is 14.2. The second-order valence-electron chi connectivity index (χ2n) is 6.16. The summed E-state index contributed by atoms with van der Waals surface area (Å²) < 4.78 is 16.9. The minimum Gasteiger partial charge on any atom is -0.146 e. The Hall–Kier alpha value is -0.720. The standard InChI is InChI=1S/C19H34O2P/c1-6-7-15-21-22(20)16-14-19(5)13-9-12-18(4)11-8-10-17(2)3/h10,12,14H,6-9,11,13,15-16H2,1-5H3/q+1/b18-12+,19-14+. The van der Waals surface area contributed by atoms with Crippen molar-refractivity contribution < 1.29 is 9.09 Å². The molecular formula is C19H34O2P+. The lowest BCUT2D eigenvalue weighted by Crippen LogP contribution is -1.87. The first kappa shape index (κ1) is 21.3. The highest BCUT2D eigenvalue weighted by Crippen LogP contribution is 2.23. The van der Waals surface area contributed by atoms with Crippen molar-refractivity contribution in [3.8, 4) is 0 Å². The fourth-order valence-corrected chi connectivity index (χ4v) is 2.83. The molecule has 0 N–H and O–H groups in total. The monoisotopic (exact) mass is 325 g/mol. The molecule has 1 unspecified atom stereocenters. The molecule has 0 aromatic carbocycles. The maximum Gasteiger partial charge on any atom is 0.512 e. The summed E-state index contributed by atoms with van der Waals surface area (Å²) in [5, 5.41) is 0. The molecule has 1 atom stereocenters. The molecule has 0 radical (unpaired) electrons. The van der Waals surface area contributed by atoms with E-state index in [0.717, 1.165) is 38.5 Å². The third-order valence-corrected chi connectivity index (χ3v) is 4.40. The number of allylic oxidation sites excluding steroid dienone is 6. The largest absolute Gasteiger partial charge is 0.512 e. The summed E-state index contributed by atoms with van der Waals surface area (Å²) in [6, 6.07) is 0. The zero-order valence-corrected chi connectivity index (χ0v) is 16.0. The van der Waals surface area contributed by atoms with Crippen molar-refractivity contribution in [1.29, 1.82) is 0 Å². The molecule has 0 aliphatic rings. The van der Waals surface area contributed by atoms with Crippen molar-refractivity contribution in [3.63, 3.8) is 0 Å². The van der Waals surface area contributed by atoms with Gasteiger partial charge in [-0.3, -0.25) is 0 Å². The molecule has 2 nitrogen and oxygen atoms in total. The summed E-state index contributed by atoms with van der Waals surface area (Å²) in [7, 11) is -1.51. The van der Waals surface area contributed by atoms with E-state index in [1.165, 1.54) is 16.7 Å². The predicted octanol–water partition coefficient (Wildman–Crippen LogP) is 6.96. The molecule has 3 heteroatoms. The van der Waals surface area contributed by atoms with Crippen LogP contribution in [0.2, 0.25) is 0 Å². The number of rotatable bonds is 12. The van der Waals surface area contributed by atoms with E-state index >= 15 is 0 Å². The lowest BCUT2D eigenvalue weighted by atomic mass is 10.1. The van der Waals surface area contributed by atoms with Gasteiger partial charge in [-0.25, -0.2) is 0 Å². The smallest absolute Gasteiger partial charge is 0.146 e. The third-order valence-electron chi connectivity index (χ3n) is 3.44. The summed E-state index contributed by atoms with van der Waals surface area (Å²) in [4.78, 5) is 0. The Balaban J connectivity index is 3.91. The predicted molar refractivity (Wildman–Crippen MR) is 98.7 cm³/mol. The van der Waals surface area contributed by atoms with Gasteiger partial charge < -0.3 is 0 Å². The second kappa shape index (κ2) is 13.9. The van der Waals surface area contributed by atoms with Gasteiger partial charge in [-0.2, -0.15) is 0 Å². The summed E-state index contributed by atoms with van der Waals surface area (Å²) in [5.74, 6) is 0. The lowest BCUT2D eigenvalue weighted by Gasteiger charge is -2.00. The SMILES string of the molecule is CCCCO[P+](=O)C/C=C(\C)CC/C=C(\C)CCC=C(C)C. The van der Waals surface area contributed by atoms with Crippen molar-refractivity contribution in [3.05, 3.63) is 34.9 Å². The van der Waals surface area contributed by atoms with Gasteiger partial charge >= 0.3 is 8.03 Å². The average Bonchev–Trinajstić information content (AvgIpc) is 2.45. The van der Waals surface area contributed by atoms with Crippen LogP contribution in [0.15, 0.2) is 34.9 Å². The quantitative estimate of drug-likeness (QED) is 0.220. The van der Waals surface area contributed by atoms with Crippen LogP contribution < -0.4 is 0 Å². The number of unbranched alkanes of at least 4 members (excludes halogenated alkanes) is 1. The molecule has 0 aromatic rings. The molecule has 0 aliphatic heterocycles. The van der Waals surface area contributed by atoms with Crippen molar-refractivity contribution >= 4 is 8.03 Å². The van der Waals surface area contributed by atoms with E-state index in [1.807, 2.05) is 0 Å². The Kier molecular flexibility index (Phi) is 13.5. The normalized spacial score (nSPS) is 13.2. The maximum absolute atomic E-state index is 11.6. The van der Waals surface area contributed by atoms with Crippen LogP contribution in [-0.2, 0) is 9.09 Å². The van der Waals surface area contributed by atoms with Gasteiger partial charge in [0.05, 0.1) is 0 Å². The number of hydrogen-bond acceptors (Lipinski definition) is 2. The average molecular weight is 325 g/mol. The topological polar surface area (TPSA) is 26.3 Å². The Bertz CT molecular complexity index is 402.